The van der Waals surface area contributed by atoms with Crippen LogP contribution < -0.4 is 9.47 Å². The molecule has 0 spiro atoms. The molecule has 0 aliphatic rings. The van der Waals surface area contributed by atoms with Gasteiger partial charge in [0.15, 0.2) is 0 Å². The van der Waals surface area contributed by atoms with Crippen LogP contribution in [0.4, 0.5) is 0 Å². The Kier molecular flexibility index (Phi) is 7.44. The number of rotatable bonds is 9. The summed E-state index contributed by atoms with van der Waals surface area (Å²) in [5.41, 5.74) is 0.986. The minimum absolute atomic E-state index is 0.0435. The van der Waals surface area contributed by atoms with Crippen LogP contribution in [0.1, 0.15) is 31.9 Å². The van der Waals surface area contributed by atoms with E-state index in [1.165, 1.54) is 0 Å². The predicted molar refractivity (Wildman–Crippen MR) is 105 cm³/mol. The monoisotopic (exact) mass is 386 g/mol. The molecule has 2 aromatic rings. The number of carboxylic acid groups (broad SMARTS) is 1. The zero-order valence-electron chi connectivity index (χ0n) is 16.4. The summed E-state index contributed by atoms with van der Waals surface area (Å²) >= 11 is 0. The van der Waals surface area contributed by atoms with Crippen molar-refractivity contribution in [3.05, 3.63) is 59.7 Å². The molecule has 0 amide bonds. The van der Waals surface area contributed by atoms with Crippen molar-refractivity contribution in [2.24, 2.45) is 0 Å². The quantitative estimate of drug-likeness (QED) is 0.523. The van der Waals surface area contributed by atoms with Crippen molar-refractivity contribution < 1.29 is 28.9 Å². The normalized spacial score (nSPS) is 11.0. The molecule has 6 nitrogen and oxygen atoms in total. The zero-order valence-corrected chi connectivity index (χ0v) is 16.4. The fourth-order valence-corrected chi connectivity index (χ4v) is 2.53. The van der Waals surface area contributed by atoms with Crippen LogP contribution in [-0.4, -0.2) is 35.9 Å². The van der Waals surface area contributed by atoms with Gasteiger partial charge in [0.25, 0.3) is 0 Å². The Morgan fingerprint density at radius 2 is 1.36 bits per heavy atom. The smallest absolute Gasteiger partial charge is 0.310 e. The average Bonchev–Trinajstić information content (AvgIpc) is 2.57. The second-order valence-corrected chi connectivity index (χ2v) is 7.33. The van der Waals surface area contributed by atoms with Crippen LogP contribution in [0.15, 0.2) is 48.5 Å². The Morgan fingerprint density at radius 1 is 0.857 bits per heavy atom. The number of ether oxygens (including phenoxy) is 3. The van der Waals surface area contributed by atoms with Gasteiger partial charge in [0, 0.05) is 0 Å². The van der Waals surface area contributed by atoms with Gasteiger partial charge in [0.2, 0.25) is 0 Å². The second-order valence-electron chi connectivity index (χ2n) is 7.33. The minimum Gasteiger partial charge on any atom is -0.490 e. The third-order valence-corrected chi connectivity index (χ3v) is 3.54. The number of hydrogen-bond acceptors (Lipinski definition) is 5. The van der Waals surface area contributed by atoms with E-state index in [-0.39, 0.29) is 18.8 Å². The van der Waals surface area contributed by atoms with Gasteiger partial charge in [-0.05, 0) is 56.2 Å². The fraction of sp³-hybridized carbons (Fsp3) is 0.364. The van der Waals surface area contributed by atoms with Crippen molar-refractivity contribution in [1.29, 1.82) is 0 Å². The molecular weight excluding hydrogens is 360 g/mol. The molecule has 150 valence electrons. The Morgan fingerprint density at radius 3 is 1.82 bits per heavy atom. The molecule has 0 fully saturated rings. The maximum absolute atomic E-state index is 11.9. The van der Waals surface area contributed by atoms with Crippen LogP contribution in [0, 0.1) is 0 Å². The highest BCUT2D eigenvalue weighted by Crippen LogP contribution is 2.17. The van der Waals surface area contributed by atoms with Crippen LogP contribution >= 0.6 is 0 Å². The molecule has 0 heterocycles. The lowest BCUT2D eigenvalue weighted by molar-refractivity contribution is -0.153. The molecule has 0 atom stereocenters. The zero-order chi connectivity index (χ0) is 20.6. The van der Waals surface area contributed by atoms with E-state index in [1.54, 1.807) is 30.3 Å². The summed E-state index contributed by atoms with van der Waals surface area (Å²) in [6.07, 6.45) is 0.138. The first kappa shape index (κ1) is 21.3. The van der Waals surface area contributed by atoms with Crippen molar-refractivity contribution in [2.45, 2.75) is 39.2 Å². The van der Waals surface area contributed by atoms with Crippen LogP contribution in [-0.2, 0) is 27.2 Å². The average molecular weight is 386 g/mol. The van der Waals surface area contributed by atoms with Crippen molar-refractivity contribution in [3.63, 3.8) is 0 Å². The molecule has 0 aliphatic heterocycles. The van der Waals surface area contributed by atoms with Crippen LogP contribution in [0.2, 0.25) is 0 Å². The molecule has 0 saturated heterocycles. The third kappa shape index (κ3) is 8.12. The van der Waals surface area contributed by atoms with Gasteiger partial charge in [-0.25, -0.2) is 0 Å². The lowest BCUT2D eigenvalue weighted by Gasteiger charge is -2.19. The van der Waals surface area contributed by atoms with Gasteiger partial charge < -0.3 is 19.3 Å². The van der Waals surface area contributed by atoms with Gasteiger partial charge in [-0.2, -0.15) is 0 Å². The topological polar surface area (TPSA) is 82.1 Å². The van der Waals surface area contributed by atoms with Crippen molar-refractivity contribution in [1.82, 2.24) is 0 Å². The second kappa shape index (κ2) is 9.78. The Hall–Kier alpha value is -3.02. The van der Waals surface area contributed by atoms with Crippen molar-refractivity contribution >= 4 is 11.9 Å². The molecule has 2 aromatic carbocycles. The number of benzene rings is 2. The third-order valence-electron chi connectivity index (χ3n) is 3.54. The number of carbonyl (C=O) groups is 2. The number of carbonyl (C=O) groups excluding carboxylic acids is 1. The molecule has 6 heteroatoms. The summed E-state index contributed by atoms with van der Waals surface area (Å²) in [5.74, 6) is 0.0753. The maximum atomic E-state index is 11.9. The van der Waals surface area contributed by atoms with E-state index in [0.29, 0.717) is 30.3 Å². The van der Waals surface area contributed by atoms with E-state index in [2.05, 4.69) is 0 Å². The summed E-state index contributed by atoms with van der Waals surface area (Å²) in [5, 5.41) is 8.84. The van der Waals surface area contributed by atoms with Gasteiger partial charge in [-0.3, -0.25) is 9.59 Å². The highest BCUT2D eigenvalue weighted by molar-refractivity contribution is 5.73. The van der Waals surface area contributed by atoms with E-state index in [9.17, 15) is 9.59 Å². The van der Waals surface area contributed by atoms with E-state index in [4.69, 9.17) is 19.3 Å². The molecule has 0 radical (unpaired) electrons. The molecule has 28 heavy (non-hydrogen) atoms. The summed E-state index contributed by atoms with van der Waals surface area (Å²) in [7, 11) is 0. The molecule has 0 aliphatic carbocycles. The number of carboxylic acids is 1. The van der Waals surface area contributed by atoms with Crippen molar-refractivity contribution in [3.8, 4) is 11.5 Å². The predicted octanol–water partition coefficient (Wildman–Crippen LogP) is 3.66. The molecule has 2 rings (SSSR count). The lowest BCUT2D eigenvalue weighted by atomic mass is 10.1. The van der Waals surface area contributed by atoms with Gasteiger partial charge in [-0.15, -0.1) is 0 Å². The highest BCUT2D eigenvalue weighted by Gasteiger charge is 2.16. The molecule has 1 N–H and O–H groups in total. The van der Waals surface area contributed by atoms with Gasteiger partial charge in [-0.1, -0.05) is 24.3 Å². The molecule has 0 bridgehead atoms. The van der Waals surface area contributed by atoms with E-state index >= 15 is 0 Å². The SMILES string of the molecule is CC(C)(C)OC(=O)Cc1cccc(OCCOc2cccc(CC(=O)O)c2)c1. The first-order valence-electron chi connectivity index (χ1n) is 9.08. The summed E-state index contributed by atoms with van der Waals surface area (Å²) in [4.78, 5) is 22.7. The lowest BCUT2D eigenvalue weighted by Crippen LogP contribution is -2.24. The standard InChI is InChI=1S/C22H26O6/c1-22(2,3)28-21(25)15-17-7-5-9-19(13-17)27-11-10-26-18-8-4-6-16(12-18)14-20(23)24/h4-9,12-13H,10-11,14-15H2,1-3H3,(H,23,24). The number of hydrogen-bond donors (Lipinski definition) is 1. The Bertz CT molecular complexity index is 807. The summed E-state index contributed by atoms with van der Waals surface area (Å²) in [6.45, 7) is 6.14. The highest BCUT2D eigenvalue weighted by atomic mass is 16.6. The van der Waals surface area contributed by atoms with Crippen molar-refractivity contribution in [2.75, 3.05) is 13.2 Å². The first-order valence-corrected chi connectivity index (χ1v) is 9.08. The van der Waals surface area contributed by atoms with Crippen LogP contribution in [0.25, 0.3) is 0 Å². The first-order chi connectivity index (χ1) is 13.2. The van der Waals surface area contributed by atoms with Crippen LogP contribution in [0.3, 0.4) is 0 Å². The molecule has 0 unspecified atom stereocenters. The molecule has 0 aromatic heterocycles. The van der Waals surface area contributed by atoms with Crippen LogP contribution in [0.5, 0.6) is 11.5 Å². The largest absolute Gasteiger partial charge is 0.490 e. The van der Waals surface area contributed by atoms with E-state index in [1.807, 2.05) is 39.0 Å². The molecule has 0 saturated carbocycles. The van der Waals surface area contributed by atoms with E-state index < -0.39 is 11.6 Å². The fourth-order valence-electron chi connectivity index (χ4n) is 2.53. The van der Waals surface area contributed by atoms with Gasteiger partial charge in [0.05, 0.1) is 12.8 Å². The maximum Gasteiger partial charge on any atom is 0.310 e. The summed E-state index contributed by atoms with van der Waals surface area (Å²) < 4.78 is 16.6. The Balaban J connectivity index is 1.80. The summed E-state index contributed by atoms with van der Waals surface area (Å²) in [6, 6.07) is 14.3. The molecular formula is C22H26O6. The van der Waals surface area contributed by atoms with E-state index in [0.717, 1.165) is 5.56 Å². The number of aliphatic carboxylic acids is 1. The Labute approximate surface area is 165 Å². The van der Waals surface area contributed by atoms with Gasteiger partial charge >= 0.3 is 11.9 Å². The van der Waals surface area contributed by atoms with Gasteiger partial charge in [0.1, 0.15) is 30.3 Å². The number of esters is 1. The minimum atomic E-state index is -0.883.